The van der Waals surface area contributed by atoms with Crippen LogP contribution in [0.25, 0.3) is 0 Å². The summed E-state index contributed by atoms with van der Waals surface area (Å²) in [4.78, 5) is 24.7. The molecule has 17 heavy (non-hydrogen) atoms. The van der Waals surface area contributed by atoms with Crippen molar-refractivity contribution >= 4 is 11.9 Å². The highest BCUT2D eigenvalue weighted by Crippen LogP contribution is 2.81. The van der Waals surface area contributed by atoms with E-state index < -0.39 is 10.8 Å². The van der Waals surface area contributed by atoms with Gasteiger partial charge in [0.1, 0.15) is 5.41 Å². The molecule has 0 aromatic heterocycles. The smallest absolute Gasteiger partial charge is 0.325 e. The van der Waals surface area contributed by atoms with Gasteiger partial charge in [-0.1, -0.05) is 11.6 Å². The number of fused-ring (bicyclic) bond motifs is 4. The predicted octanol–water partition coefficient (Wildman–Crippen LogP) is 1.82. The van der Waals surface area contributed by atoms with E-state index in [4.69, 9.17) is 4.74 Å². The van der Waals surface area contributed by atoms with Gasteiger partial charge in [-0.15, -0.1) is 0 Å². The summed E-state index contributed by atoms with van der Waals surface area (Å²) in [5.74, 6) is 0.795. The van der Waals surface area contributed by atoms with Gasteiger partial charge in [0.05, 0.1) is 5.41 Å². The van der Waals surface area contributed by atoms with Gasteiger partial charge in [-0.3, -0.25) is 9.59 Å². The van der Waals surface area contributed by atoms with Gasteiger partial charge < -0.3 is 4.74 Å². The Morgan fingerprint density at radius 2 is 1.94 bits per heavy atom. The Balaban J connectivity index is 1.92. The third kappa shape index (κ3) is 0.569. The van der Waals surface area contributed by atoms with E-state index in [1.807, 2.05) is 0 Å². The molecule has 3 saturated carbocycles. The molecule has 1 saturated heterocycles. The zero-order valence-electron chi connectivity index (χ0n) is 9.57. The molecule has 5 atom stereocenters. The highest BCUT2D eigenvalue weighted by Gasteiger charge is 2.85. The maximum Gasteiger partial charge on any atom is 0.325 e. The topological polar surface area (TPSA) is 43.4 Å². The van der Waals surface area contributed by atoms with Crippen molar-refractivity contribution in [1.82, 2.24) is 0 Å². The van der Waals surface area contributed by atoms with Gasteiger partial charge in [0, 0.05) is 0 Å². The van der Waals surface area contributed by atoms with Crippen molar-refractivity contribution in [3.05, 3.63) is 11.6 Å². The molecular formula is C14H14O3. The summed E-state index contributed by atoms with van der Waals surface area (Å²) >= 11 is 0. The van der Waals surface area contributed by atoms with Crippen molar-refractivity contribution in [1.29, 1.82) is 0 Å². The number of allylic oxidation sites excluding steroid dienone is 1. The Hall–Kier alpha value is -1.12. The summed E-state index contributed by atoms with van der Waals surface area (Å²) < 4.78 is 5.12. The number of carbonyl (C=O) groups is 2. The average molecular weight is 230 g/mol. The third-order valence-electron chi connectivity index (χ3n) is 6.45. The molecule has 0 amide bonds. The quantitative estimate of drug-likeness (QED) is 0.362. The van der Waals surface area contributed by atoms with Crippen LogP contribution < -0.4 is 0 Å². The maximum atomic E-state index is 12.4. The van der Waals surface area contributed by atoms with Crippen molar-refractivity contribution < 1.29 is 14.3 Å². The van der Waals surface area contributed by atoms with E-state index in [9.17, 15) is 9.59 Å². The van der Waals surface area contributed by atoms with Crippen LogP contribution in [0.3, 0.4) is 0 Å². The van der Waals surface area contributed by atoms with E-state index in [1.165, 1.54) is 5.57 Å². The highest BCUT2D eigenvalue weighted by atomic mass is 16.6. The molecule has 3 heteroatoms. The molecule has 1 aliphatic heterocycles. The van der Waals surface area contributed by atoms with Crippen molar-refractivity contribution in [2.24, 2.45) is 28.6 Å². The van der Waals surface area contributed by atoms with E-state index in [1.54, 1.807) is 0 Å². The van der Waals surface area contributed by atoms with Crippen molar-refractivity contribution in [3.8, 4) is 0 Å². The molecule has 0 aromatic rings. The number of rotatable bonds is 0. The van der Waals surface area contributed by atoms with Crippen LogP contribution in [0.2, 0.25) is 0 Å². The molecular weight excluding hydrogens is 216 g/mol. The molecule has 0 spiro atoms. The number of hydrogen-bond acceptors (Lipinski definition) is 3. The van der Waals surface area contributed by atoms with E-state index >= 15 is 0 Å². The van der Waals surface area contributed by atoms with Crippen LogP contribution in [0.1, 0.15) is 32.1 Å². The van der Waals surface area contributed by atoms with Crippen molar-refractivity contribution in [2.75, 3.05) is 0 Å². The van der Waals surface area contributed by atoms with Gasteiger partial charge in [0.15, 0.2) is 0 Å². The second-order valence-electron chi connectivity index (χ2n) is 6.43. The molecule has 1 heterocycles. The van der Waals surface area contributed by atoms with E-state index in [0.29, 0.717) is 17.8 Å². The fourth-order valence-electron chi connectivity index (χ4n) is 6.23. The second kappa shape index (κ2) is 2.23. The lowest BCUT2D eigenvalue weighted by atomic mass is 9.53. The number of cyclic esters (lactones) is 2. The summed E-state index contributed by atoms with van der Waals surface area (Å²) in [6.45, 7) is 0. The molecule has 4 fully saturated rings. The Labute approximate surface area is 99.2 Å². The van der Waals surface area contributed by atoms with E-state index in [-0.39, 0.29) is 11.9 Å². The summed E-state index contributed by atoms with van der Waals surface area (Å²) in [6, 6.07) is 0. The highest BCUT2D eigenvalue weighted by molar-refractivity contribution is 6.06. The predicted molar refractivity (Wildman–Crippen MR) is 57.6 cm³/mol. The fourth-order valence-corrected chi connectivity index (χ4v) is 6.23. The van der Waals surface area contributed by atoms with Crippen LogP contribution in [0.5, 0.6) is 0 Å². The third-order valence-corrected chi connectivity index (χ3v) is 6.45. The number of esters is 2. The first kappa shape index (κ1) is 8.90. The molecule has 5 aliphatic rings. The van der Waals surface area contributed by atoms with Gasteiger partial charge in [-0.25, -0.2) is 0 Å². The lowest BCUT2D eigenvalue weighted by Crippen LogP contribution is -2.50. The van der Waals surface area contributed by atoms with Crippen LogP contribution >= 0.6 is 0 Å². The SMILES string of the molecule is O=C1OC(=O)C23C4CC=C(C4)C12C1CCC3C1. The molecule has 5 unspecified atom stereocenters. The summed E-state index contributed by atoms with van der Waals surface area (Å²) in [5, 5.41) is 0. The number of carbonyl (C=O) groups excluding carboxylic acids is 2. The zero-order chi connectivity index (χ0) is 11.4. The molecule has 0 N–H and O–H groups in total. The number of hydrogen-bond donors (Lipinski definition) is 0. The minimum atomic E-state index is -0.490. The van der Waals surface area contributed by atoms with Gasteiger partial charge >= 0.3 is 11.9 Å². The molecule has 3 nitrogen and oxygen atoms in total. The van der Waals surface area contributed by atoms with Crippen LogP contribution in [0.15, 0.2) is 11.6 Å². The van der Waals surface area contributed by atoms with Crippen molar-refractivity contribution in [3.63, 3.8) is 0 Å². The molecule has 4 aliphatic carbocycles. The summed E-state index contributed by atoms with van der Waals surface area (Å²) in [7, 11) is 0. The normalized spacial score (nSPS) is 57.2. The lowest BCUT2D eigenvalue weighted by Gasteiger charge is -2.43. The van der Waals surface area contributed by atoms with E-state index in [0.717, 1.165) is 32.1 Å². The lowest BCUT2D eigenvalue weighted by molar-refractivity contribution is -0.158. The maximum absolute atomic E-state index is 12.4. The first-order valence-electron chi connectivity index (χ1n) is 6.68. The molecule has 0 aromatic carbocycles. The molecule has 0 radical (unpaired) electrons. The average Bonchev–Trinajstić information content (AvgIpc) is 3.04. The second-order valence-corrected chi connectivity index (χ2v) is 6.43. The largest absolute Gasteiger partial charge is 0.392 e. The van der Waals surface area contributed by atoms with Gasteiger partial charge in [-0.2, -0.15) is 0 Å². The van der Waals surface area contributed by atoms with Crippen molar-refractivity contribution in [2.45, 2.75) is 32.1 Å². The standard InChI is InChI=1S/C14H14O3/c15-11-13-7-1-2-8(5-7)14(13,12(16)17-11)10-4-3-9(13)6-10/h1,8-10H,2-6H2. The first-order valence-corrected chi connectivity index (χ1v) is 6.68. The Bertz CT molecular complexity index is 520. The van der Waals surface area contributed by atoms with Gasteiger partial charge in [0.2, 0.25) is 0 Å². The molecule has 4 bridgehead atoms. The van der Waals surface area contributed by atoms with Gasteiger partial charge in [-0.05, 0) is 49.9 Å². The minimum Gasteiger partial charge on any atom is -0.392 e. The first-order chi connectivity index (χ1) is 8.22. The minimum absolute atomic E-state index is 0.178. The Morgan fingerprint density at radius 3 is 2.76 bits per heavy atom. The Morgan fingerprint density at radius 1 is 1.12 bits per heavy atom. The molecule has 5 rings (SSSR count). The van der Waals surface area contributed by atoms with Crippen LogP contribution in [0, 0.1) is 28.6 Å². The fraction of sp³-hybridized carbons (Fsp3) is 0.714. The number of ether oxygens (including phenoxy) is 1. The molecule has 88 valence electrons. The monoisotopic (exact) mass is 230 g/mol. The van der Waals surface area contributed by atoms with Crippen LogP contribution in [0.4, 0.5) is 0 Å². The Kier molecular flexibility index (Phi) is 1.17. The zero-order valence-corrected chi connectivity index (χ0v) is 9.57. The summed E-state index contributed by atoms with van der Waals surface area (Å²) in [6.07, 6.45) is 7.51. The van der Waals surface area contributed by atoms with Crippen LogP contribution in [-0.2, 0) is 14.3 Å². The van der Waals surface area contributed by atoms with Gasteiger partial charge in [0.25, 0.3) is 0 Å². The van der Waals surface area contributed by atoms with Crippen LogP contribution in [-0.4, -0.2) is 11.9 Å². The summed E-state index contributed by atoms with van der Waals surface area (Å²) in [5.41, 5.74) is 0.345. The van der Waals surface area contributed by atoms with E-state index in [2.05, 4.69) is 6.08 Å².